The Morgan fingerprint density at radius 1 is 0.354 bits per heavy atom. The minimum Gasteiger partial charge on any atom is -0.454 e. The minimum absolute atomic E-state index is 0.262. The Bertz CT molecular complexity index is 4450. The number of hydrogen-bond acceptors (Lipinski definition) is 9. The van der Waals surface area contributed by atoms with Crippen molar-refractivity contribution >= 4 is 62.3 Å². The van der Waals surface area contributed by atoms with Crippen molar-refractivity contribution in [2.45, 2.75) is 133 Å². The Morgan fingerprint density at radius 2 is 0.781 bits per heavy atom. The maximum atomic E-state index is 6.17. The number of anilines is 6. The number of aryl methyl sites for hydroxylation is 5. The molecule has 0 spiro atoms. The van der Waals surface area contributed by atoms with Gasteiger partial charge in [0, 0.05) is 120 Å². The largest absolute Gasteiger partial charge is 0.454 e. The molecule has 9 aromatic carbocycles. The zero-order valence-corrected chi connectivity index (χ0v) is 59.3. The van der Waals surface area contributed by atoms with Crippen LogP contribution in [-0.2, 0) is 0 Å². The van der Waals surface area contributed by atoms with Crippen LogP contribution in [0.25, 0.3) is 21.9 Å². The Labute approximate surface area is 572 Å². The van der Waals surface area contributed by atoms with E-state index in [1.54, 1.807) is 0 Å². The van der Waals surface area contributed by atoms with Gasteiger partial charge in [0.2, 0.25) is 6.04 Å². The summed E-state index contributed by atoms with van der Waals surface area (Å²) in [7, 11) is 6.34. The Balaban J connectivity index is 0.000000123. The normalized spacial score (nSPS) is 18.2. The lowest BCUT2D eigenvalue weighted by molar-refractivity contribution is -0.524. The number of furan rings is 1. The molecule has 492 valence electrons. The van der Waals surface area contributed by atoms with Crippen LogP contribution in [0.5, 0.6) is 0 Å². The summed E-state index contributed by atoms with van der Waals surface area (Å²) in [6, 6.07) is 73.0. The van der Waals surface area contributed by atoms with Crippen LogP contribution >= 0.6 is 0 Å². The van der Waals surface area contributed by atoms with E-state index in [1.807, 2.05) is 18.2 Å². The van der Waals surface area contributed by atoms with Crippen LogP contribution in [-0.4, -0.2) is 66.4 Å². The van der Waals surface area contributed by atoms with Gasteiger partial charge in [0.15, 0.2) is 11.8 Å². The fourth-order valence-corrected chi connectivity index (χ4v) is 13.8. The van der Waals surface area contributed by atoms with Crippen molar-refractivity contribution < 1.29 is 8.99 Å². The summed E-state index contributed by atoms with van der Waals surface area (Å²) < 4.78 is 8.46. The summed E-state index contributed by atoms with van der Waals surface area (Å²) in [5.74, 6) is 1.00. The molecule has 5 atom stereocenters. The molecular formula is C86H98N9O+. The Morgan fingerprint density at radius 3 is 1.31 bits per heavy atom. The van der Waals surface area contributed by atoms with Crippen molar-refractivity contribution in [3.8, 4) is 0 Å². The summed E-state index contributed by atoms with van der Waals surface area (Å²) in [5, 5.41) is 2.36. The first-order valence-electron chi connectivity index (χ1n) is 34.2. The molecular weight excluding hydrogens is 1180 g/mol. The monoisotopic (exact) mass is 1270 g/mol. The summed E-state index contributed by atoms with van der Waals surface area (Å²) >= 11 is 0. The molecule has 6 heterocycles. The van der Waals surface area contributed by atoms with Crippen LogP contribution in [0.4, 0.5) is 34.1 Å². The molecule has 0 N–H and O–H groups in total. The van der Waals surface area contributed by atoms with Crippen LogP contribution in [0, 0.1) is 34.6 Å². The molecule has 96 heavy (non-hydrogen) atoms. The highest BCUT2D eigenvalue weighted by Gasteiger charge is 2.33. The van der Waals surface area contributed by atoms with Gasteiger partial charge in [-0.1, -0.05) is 191 Å². The van der Waals surface area contributed by atoms with E-state index in [4.69, 9.17) is 4.42 Å². The molecule has 10 heteroatoms. The molecule has 0 bridgehead atoms. The van der Waals surface area contributed by atoms with Gasteiger partial charge in [-0.25, -0.2) is 4.58 Å². The molecule has 10 nitrogen and oxygen atoms in total. The molecule has 0 saturated heterocycles. The highest BCUT2D eigenvalue weighted by atomic mass is 16.3. The summed E-state index contributed by atoms with van der Waals surface area (Å²) in [4.78, 5) is 18.4. The lowest BCUT2D eigenvalue weighted by Crippen LogP contribution is -2.37. The van der Waals surface area contributed by atoms with Crippen molar-refractivity contribution in [1.82, 2.24) is 9.80 Å². The van der Waals surface area contributed by atoms with Crippen LogP contribution in [0.2, 0.25) is 0 Å². The molecule has 15 rings (SSSR count). The zero-order valence-electron chi connectivity index (χ0n) is 59.3. The van der Waals surface area contributed by atoms with Crippen LogP contribution in [0.1, 0.15) is 129 Å². The van der Waals surface area contributed by atoms with Crippen molar-refractivity contribution in [2.24, 2.45) is 0 Å². The fraction of sp³-hybridized carbons (Fsp3) is 0.267. The van der Waals surface area contributed by atoms with E-state index < -0.39 is 0 Å². The predicted molar refractivity (Wildman–Crippen MR) is 409 cm³/mol. The number of para-hydroxylation sites is 6. The highest BCUT2D eigenvalue weighted by molar-refractivity contribution is 6.09. The second kappa shape index (κ2) is 29.6. The molecule has 1 unspecified atom stereocenters. The quantitative estimate of drug-likeness (QED) is 0.132. The van der Waals surface area contributed by atoms with Crippen LogP contribution < -0.4 is 29.4 Å². The number of hydrogen-bond donors (Lipinski definition) is 0. The fourth-order valence-electron chi connectivity index (χ4n) is 13.8. The molecule has 1 aromatic heterocycles. The average molecular weight is 1270 g/mol. The lowest BCUT2D eigenvalue weighted by Gasteiger charge is -2.34. The molecule has 10 aromatic rings. The second-order valence-corrected chi connectivity index (χ2v) is 26.7. The van der Waals surface area contributed by atoms with Crippen molar-refractivity contribution in [1.29, 1.82) is 0 Å². The lowest BCUT2D eigenvalue weighted by atomic mass is 9.92. The molecule has 0 radical (unpaired) electrons. The number of nitrogens with zero attached hydrogens (tertiary/aromatic N) is 9. The van der Waals surface area contributed by atoms with Gasteiger partial charge >= 0.3 is 0 Å². The smallest absolute Gasteiger partial charge is 0.204 e. The van der Waals surface area contributed by atoms with Crippen LogP contribution in [0.15, 0.2) is 260 Å². The van der Waals surface area contributed by atoms with Crippen molar-refractivity contribution in [3.05, 3.63) is 311 Å². The number of rotatable bonds is 9. The van der Waals surface area contributed by atoms with E-state index in [1.165, 1.54) is 94.8 Å². The second-order valence-electron chi connectivity index (χ2n) is 26.7. The summed E-state index contributed by atoms with van der Waals surface area (Å²) in [6.45, 7) is 28.8. The minimum atomic E-state index is 0.262. The molecule has 0 aliphatic carbocycles. The van der Waals surface area contributed by atoms with E-state index in [0.29, 0.717) is 36.4 Å². The van der Waals surface area contributed by atoms with E-state index in [2.05, 4.69) is 399 Å². The Hall–Kier alpha value is -10.2. The number of benzene rings is 9. The molecule has 5 aliphatic rings. The first-order chi connectivity index (χ1) is 46.3. The van der Waals surface area contributed by atoms with Gasteiger partial charge < -0.3 is 43.6 Å². The third-order valence-corrected chi connectivity index (χ3v) is 19.6. The van der Waals surface area contributed by atoms with Crippen molar-refractivity contribution in [3.63, 3.8) is 0 Å². The molecule has 0 amide bonds. The van der Waals surface area contributed by atoms with Gasteiger partial charge in [-0.05, 0) is 156 Å². The Kier molecular flexibility index (Phi) is 20.7. The van der Waals surface area contributed by atoms with Gasteiger partial charge in [0.1, 0.15) is 37.3 Å². The van der Waals surface area contributed by atoms with Gasteiger partial charge in [-0.2, -0.15) is 0 Å². The first kappa shape index (κ1) is 67.2. The molecule has 0 saturated carbocycles. The average Bonchev–Trinajstić information content (AvgIpc) is 1.61. The SMILES string of the molecule is Cc1ccc2c(oc3ccccc32)c1N1C=CN(C)[C@@H]1C.Cc1ccccc1C1c2ccccc2C=[N+]1C.Cc1ccccc1N1C=CN(C)[C@@H]1C.Cc1ccccc1N1C=CN(c2c(C(C)C)cccc2C(C)C)[C@@H]1C.Cc1ccccc1N1C=CN(c2ccccc2)[C@@H]1C. The third kappa shape index (κ3) is 14.0. The van der Waals surface area contributed by atoms with E-state index >= 15 is 0 Å². The van der Waals surface area contributed by atoms with Gasteiger partial charge in [0.25, 0.3) is 0 Å². The molecule has 5 aliphatic heterocycles. The highest BCUT2D eigenvalue weighted by Crippen LogP contribution is 2.42. The number of fused-ring (bicyclic) bond motifs is 4. The summed E-state index contributed by atoms with van der Waals surface area (Å²) in [5.41, 5.74) is 23.0. The van der Waals surface area contributed by atoms with E-state index in [-0.39, 0.29) is 6.17 Å². The topological polar surface area (TPSA) is 42.1 Å². The van der Waals surface area contributed by atoms with E-state index in [9.17, 15) is 0 Å². The van der Waals surface area contributed by atoms with Gasteiger partial charge in [0.05, 0.1) is 5.69 Å². The zero-order chi connectivity index (χ0) is 67.9. The maximum absolute atomic E-state index is 6.17. The van der Waals surface area contributed by atoms with E-state index in [0.717, 1.165) is 16.9 Å². The van der Waals surface area contributed by atoms with Crippen LogP contribution in [0.3, 0.4) is 0 Å². The standard InChI is InChI=1S/C23H30N2.C18H18N2O.C17H18N2.C16H16N.C12H16N2/c1-16(2)20-11-9-12-21(17(3)4)23(20)25-15-14-24(19(25)6)22-13-8-7-10-18(22)5;1-12-8-9-15-14-6-4-5-7-16(14)21-18(15)17(12)20-11-10-19(3)13(20)2;1-14-8-6-7-11-17(14)19-13-12-18(15(19)2)16-9-4-3-5-10-16;1-12-7-3-5-9-14(12)16-15-10-6-4-8-13(15)11-17(16)2;1-10-6-4-5-7-12(10)14-9-8-13(3)11(14)2/h7-17,19H,1-6H3;4-11,13H,1-3H3;3-13,15H,1-2H3;3-11,16H,1-2H3;4-9,11H,1-3H3/q;;;+1;/t19-;13-;15-;;11-/m100.0/s1. The predicted octanol–water partition coefficient (Wildman–Crippen LogP) is 20.7. The molecule has 0 fully saturated rings. The van der Waals surface area contributed by atoms with Crippen molar-refractivity contribution in [2.75, 3.05) is 50.5 Å². The third-order valence-electron chi connectivity index (χ3n) is 19.6. The maximum Gasteiger partial charge on any atom is 0.204 e. The van der Waals surface area contributed by atoms with Gasteiger partial charge in [-0.3, -0.25) is 0 Å². The first-order valence-corrected chi connectivity index (χ1v) is 34.2. The van der Waals surface area contributed by atoms with Gasteiger partial charge in [-0.15, -0.1) is 0 Å². The summed E-state index contributed by atoms with van der Waals surface area (Å²) in [6.07, 6.45) is 20.7.